The Labute approximate surface area is 181 Å². The van der Waals surface area contributed by atoms with Gasteiger partial charge in [-0.05, 0) is 49.0 Å². The van der Waals surface area contributed by atoms with E-state index >= 15 is 0 Å². The van der Waals surface area contributed by atoms with E-state index in [2.05, 4.69) is 51.4 Å². The molecule has 5 rings (SSSR count). The maximum atomic E-state index is 9.71. The molecular weight excluding hydrogens is 388 g/mol. The fourth-order valence-corrected chi connectivity index (χ4v) is 4.02. The van der Waals surface area contributed by atoms with Crippen molar-refractivity contribution in [3.63, 3.8) is 0 Å². The summed E-state index contributed by atoms with van der Waals surface area (Å²) in [5.41, 5.74) is 5.85. The molecule has 2 N–H and O–H groups in total. The van der Waals surface area contributed by atoms with Crippen molar-refractivity contribution in [2.45, 2.75) is 6.61 Å². The van der Waals surface area contributed by atoms with Crippen LogP contribution in [0, 0.1) is 0 Å². The number of rotatable bonds is 5. The Kier molecular flexibility index (Phi) is 5.28. The van der Waals surface area contributed by atoms with Gasteiger partial charge in [0.2, 0.25) is 5.95 Å². The molecule has 4 aromatic rings. The van der Waals surface area contributed by atoms with E-state index < -0.39 is 0 Å². The lowest BCUT2D eigenvalue weighted by molar-refractivity contribution is 0.282. The standard InChI is InChI=1S/C24H26N6O/c1-28-12-14-29(15-13-28)20-8-6-19(7-9-20)26-24-25-16-21-10-11-23(30(21)27-24)22-5-3-2-4-18(22)17-31/h2-11,16,31H,12-15,17H2,1H3,(H,26,27). The third-order valence-electron chi connectivity index (χ3n) is 5.85. The summed E-state index contributed by atoms with van der Waals surface area (Å²) < 4.78 is 1.86. The predicted molar refractivity (Wildman–Crippen MR) is 124 cm³/mol. The Bertz CT molecular complexity index is 1180. The molecule has 2 aromatic carbocycles. The van der Waals surface area contributed by atoms with E-state index in [1.165, 1.54) is 5.69 Å². The number of likely N-dealkylation sites (N-methyl/N-ethyl adjacent to an activating group) is 1. The summed E-state index contributed by atoms with van der Waals surface area (Å²) in [5.74, 6) is 0.527. The highest BCUT2D eigenvalue weighted by Gasteiger charge is 2.14. The first-order valence-corrected chi connectivity index (χ1v) is 10.6. The van der Waals surface area contributed by atoms with Gasteiger partial charge in [0.15, 0.2) is 0 Å². The molecule has 0 saturated carbocycles. The van der Waals surface area contributed by atoms with Gasteiger partial charge in [-0.1, -0.05) is 24.3 Å². The van der Waals surface area contributed by atoms with Gasteiger partial charge < -0.3 is 20.2 Å². The van der Waals surface area contributed by atoms with E-state index in [9.17, 15) is 5.11 Å². The zero-order valence-electron chi connectivity index (χ0n) is 17.6. The summed E-state index contributed by atoms with van der Waals surface area (Å²) in [6, 6.07) is 20.2. The van der Waals surface area contributed by atoms with E-state index in [1.54, 1.807) is 6.20 Å². The highest BCUT2D eigenvalue weighted by molar-refractivity contribution is 5.69. The highest BCUT2D eigenvalue weighted by atomic mass is 16.3. The summed E-state index contributed by atoms with van der Waals surface area (Å²) in [6.07, 6.45) is 1.80. The number of anilines is 3. The first kappa shape index (κ1) is 19.5. The van der Waals surface area contributed by atoms with Crippen molar-refractivity contribution in [3.8, 4) is 11.3 Å². The molecule has 0 bridgehead atoms. The first-order valence-electron chi connectivity index (χ1n) is 10.6. The number of aliphatic hydroxyl groups is 1. The number of aromatic nitrogens is 3. The van der Waals surface area contributed by atoms with Crippen LogP contribution in [0.1, 0.15) is 5.56 Å². The lowest BCUT2D eigenvalue weighted by Gasteiger charge is -2.34. The number of fused-ring (bicyclic) bond motifs is 1. The summed E-state index contributed by atoms with van der Waals surface area (Å²) >= 11 is 0. The second-order valence-corrected chi connectivity index (χ2v) is 7.91. The average Bonchev–Trinajstić information content (AvgIpc) is 3.23. The normalized spacial score (nSPS) is 14.8. The van der Waals surface area contributed by atoms with Crippen LogP contribution in [0.25, 0.3) is 16.8 Å². The third kappa shape index (κ3) is 3.97. The quantitative estimate of drug-likeness (QED) is 0.522. The van der Waals surface area contributed by atoms with E-state index in [4.69, 9.17) is 5.10 Å². The van der Waals surface area contributed by atoms with Gasteiger partial charge in [0, 0.05) is 43.1 Å². The lowest BCUT2D eigenvalue weighted by Crippen LogP contribution is -2.44. The maximum Gasteiger partial charge on any atom is 0.245 e. The molecule has 0 spiro atoms. The van der Waals surface area contributed by atoms with E-state index in [1.807, 2.05) is 40.9 Å². The molecule has 31 heavy (non-hydrogen) atoms. The Hall–Kier alpha value is -3.42. The van der Waals surface area contributed by atoms with E-state index in [-0.39, 0.29) is 6.61 Å². The highest BCUT2D eigenvalue weighted by Crippen LogP contribution is 2.26. The molecule has 1 aliphatic rings. The second-order valence-electron chi connectivity index (χ2n) is 7.91. The number of nitrogens with zero attached hydrogens (tertiary/aromatic N) is 5. The molecule has 2 aromatic heterocycles. The van der Waals surface area contributed by atoms with Gasteiger partial charge in [-0.15, -0.1) is 5.10 Å². The molecule has 1 saturated heterocycles. The molecule has 0 radical (unpaired) electrons. The minimum absolute atomic E-state index is 0.0146. The Morgan fingerprint density at radius 3 is 2.48 bits per heavy atom. The van der Waals surface area contributed by atoms with Crippen LogP contribution in [0.3, 0.4) is 0 Å². The Morgan fingerprint density at radius 2 is 1.71 bits per heavy atom. The van der Waals surface area contributed by atoms with Crippen molar-refractivity contribution >= 4 is 22.8 Å². The number of hydrogen-bond donors (Lipinski definition) is 2. The van der Waals surface area contributed by atoms with Crippen LogP contribution in [0.4, 0.5) is 17.3 Å². The van der Waals surface area contributed by atoms with Crippen molar-refractivity contribution in [3.05, 3.63) is 72.4 Å². The van der Waals surface area contributed by atoms with Crippen LogP contribution >= 0.6 is 0 Å². The minimum atomic E-state index is -0.0146. The van der Waals surface area contributed by atoms with Crippen molar-refractivity contribution in [2.24, 2.45) is 0 Å². The van der Waals surface area contributed by atoms with Gasteiger partial charge in [0.1, 0.15) is 0 Å². The van der Waals surface area contributed by atoms with Gasteiger partial charge >= 0.3 is 0 Å². The fourth-order valence-electron chi connectivity index (χ4n) is 4.02. The SMILES string of the molecule is CN1CCN(c2ccc(Nc3ncc4ccc(-c5ccccc5CO)n4n3)cc2)CC1. The van der Waals surface area contributed by atoms with Crippen LogP contribution in [-0.4, -0.2) is 57.8 Å². The monoisotopic (exact) mass is 414 g/mol. The summed E-state index contributed by atoms with van der Waals surface area (Å²) in [7, 11) is 2.17. The summed E-state index contributed by atoms with van der Waals surface area (Å²) in [5, 5.41) is 17.7. The van der Waals surface area contributed by atoms with Gasteiger partial charge in [-0.25, -0.2) is 9.50 Å². The fraction of sp³-hybridized carbons (Fsp3) is 0.250. The van der Waals surface area contributed by atoms with Crippen LogP contribution in [0.15, 0.2) is 66.9 Å². The number of piperazine rings is 1. The van der Waals surface area contributed by atoms with Gasteiger partial charge in [0.25, 0.3) is 0 Å². The summed E-state index contributed by atoms with van der Waals surface area (Å²) in [6.45, 7) is 4.27. The van der Waals surface area contributed by atoms with Gasteiger partial charge in [-0.2, -0.15) is 0 Å². The molecule has 1 aliphatic heterocycles. The molecule has 7 nitrogen and oxygen atoms in total. The average molecular weight is 415 g/mol. The molecule has 158 valence electrons. The van der Waals surface area contributed by atoms with E-state index in [0.717, 1.165) is 54.2 Å². The van der Waals surface area contributed by atoms with E-state index in [0.29, 0.717) is 5.95 Å². The largest absolute Gasteiger partial charge is 0.392 e. The number of aliphatic hydroxyl groups excluding tert-OH is 1. The van der Waals surface area contributed by atoms with Crippen LogP contribution in [0.2, 0.25) is 0 Å². The Morgan fingerprint density at radius 1 is 0.935 bits per heavy atom. The topological polar surface area (TPSA) is 68.9 Å². The van der Waals surface area contributed by atoms with Crippen molar-refractivity contribution in [1.29, 1.82) is 0 Å². The number of hydrogen-bond acceptors (Lipinski definition) is 6. The number of nitrogens with one attached hydrogen (secondary N) is 1. The molecule has 0 atom stereocenters. The molecule has 7 heteroatoms. The maximum absolute atomic E-state index is 9.71. The molecule has 3 heterocycles. The number of benzene rings is 2. The van der Waals surface area contributed by atoms with Crippen molar-refractivity contribution < 1.29 is 5.11 Å². The first-order chi connectivity index (χ1) is 15.2. The van der Waals surface area contributed by atoms with Crippen LogP contribution < -0.4 is 10.2 Å². The van der Waals surface area contributed by atoms with Crippen molar-refractivity contribution in [1.82, 2.24) is 19.5 Å². The molecule has 1 fully saturated rings. The minimum Gasteiger partial charge on any atom is -0.392 e. The van der Waals surface area contributed by atoms with Gasteiger partial charge in [0.05, 0.1) is 24.0 Å². The lowest BCUT2D eigenvalue weighted by atomic mass is 10.1. The smallest absolute Gasteiger partial charge is 0.245 e. The third-order valence-corrected chi connectivity index (χ3v) is 5.85. The summed E-state index contributed by atoms with van der Waals surface area (Å²) in [4.78, 5) is 9.23. The molecular formula is C24H26N6O. The molecule has 0 aliphatic carbocycles. The zero-order valence-corrected chi connectivity index (χ0v) is 17.6. The zero-order chi connectivity index (χ0) is 21.2. The predicted octanol–water partition coefficient (Wildman–Crippen LogP) is 3.38. The van der Waals surface area contributed by atoms with Crippen LogP contribution in [-0.2, 0) is 6.61 Å². The van der Waals surface area contributed by atoms with Gasteiger partial charge in [-0.3, -0.25) is 0 Å². The molecule has 0 unspecified atom stereocenters. The van der Waals surface area contributed by atoms with Crippen molar-refractivity contribution in [2.75, 3.05) is 43.4 Å². The molecule has 0 amide bonds. The Balaban J connectivity index is 1.38. The second kappa shape index (κ2) is 8.37. The van der Waals surface area contributed by atoms with Crippen LogP contribution in [0.5, 0.6) is 0 Å².